The molecule has 2 aromatic rings. The number of rotatable bonds is 13. The summed E-state index contributed by atoms with van der Waals surface area (Å²) in [6.45, 7) is 2.92. The number of alkyl carbamates (subject to hydrolysis) is 1. The van der Waals surface area contributed by atoms with E-state index < -0.39 is 48.8 Å². The SMILES string of the molecule is CNC(=O)[C@H](NC(=O)c1cccc(C(N=NCC(=O)C(CC(=O)O)NC(=O)OCc2ccccc2)=NN)c1)C(C)C. The molecule has 2 atom stereocenters. The van der Waals surface area contributed by atoms with E-state index in [1.165, 1.54) is 19.2 Å². The van der Waals surface area contributed by atoms with Gasteiger partial charge in [-0.3, -0.25) is 19.2 Å². The van der Waals surface area contributed by atoms with E-state index in [-0.39, 0.29) is 29.8 Å². The number of ketones is 1. The van der Waals surface area contributed by atoms with Crippen LogP contribution in [0, 0.1) is 5.92 Å². The van der Waals surface area contributed by atoms with E-state index >= 15 is 0 Å². The van der Waals surface area contributed by atoms with Crippen LogP contribution >= 0.6 is 0 Å². The highest BCUT2D eigenvalue weighted by molar-refractivity contribution is 6.03. The summed E-state index contributed by atoms with van der Waals surface area (Å²) in [6.07, 6.45) is -1.67. The van der Waals surface area contributed by atoms with Crippen molar-refractivity contribution < 1.29 is 33.8 Å². The average Bonchev–Trinajstić information content (AvgIpc) is 2.96. The summed E-state index contributed by atoms with van der Waals surface area (Å²) < 4.78 is 5.06. The van der Waals surface area contributed by atoms with Gasteiger partial charge in [0.25, 0.3) is 5.91 Å². The van der Waals surface area contributed by atoms with Crippen molar-refractivity contribution in [1.29, 1.82) is 0 Å². The summed E-state index contributed by atoms with van der Waals surface area (Å²) in [4.78, 5) is 60.9. The number of Topliss-reactive ketones (excluding diaryl/α,β-unsaturated/α-hetero) is 1. The van der Waals surface area contributed by atoms with Crippen LogP contribution in [0.4, 0.5) is 4.79 Å². The van der Waals surface area contributed by atoms with Crippen LogP contribution in [0.1, 0.15) is 41.8 Å². The summed E-state index contributed by atoms with van der Waals surface area (Å²) in [6, 6.07) is 12.7. The lowest BCUT2D eigenvalue weighted by Crippen LogP contribution is -2.48. The number of carbonyl (C=O) groups excluding carboxylic acids is 4. The standard InChI is InChI=1S/C27H33N7O7/c1-16(2)23(26(39)29-3)32-25(38)19-11-7-10-18(12-19)24(33-28)34-30-14-21(35)20(13-22(36)37)31-27(40)41-15-17-8-5-4-6-9-17/h4-12,16,20,23H,13-15,28H2,1-3H3,(H,29,39)(H,31,40)(H,32,38)(H,36,37)/t20?,23-/m1/s1. The van der Waals surface area contributed by atoms with E-state index in [4.69, 9.17) is 15.7 Å². The first-order valence-corrected chi connectivity index (χ1v) is 12.6. The molecule has 0 aliphatic heterocycles. The molecule has 0 radical (unpaired) electrons. The molecule has 218 valence electrons. The molecule has 0 aliphatic rings. The van der Waals surface area contributed by atoms with Crippen LogP contribution < -0.4 is 21.8 Å². The van der Waals surface area contributed by atoms with Crippen molar-refractivity contribution in [3.8, 4) is 0 Å². The minimum absolute atomic E-state index is 0.0717. The fraction of sp³-hybridized carbons (Fsp3) is 0.333. The van der Waals surface area contributed by atoms with Gasteiger partial charge in [-0.1, -0.05) is 56.3 Å². The Labute approximate surface area is 236 Å². The van der Waals surface area contributed by atoms with Crippen LogP contribution in [-0.4, -0.2) is 66.3 Å². The lowest BCUT2D eigenvalue weighted by molar-refractivity contribution is -0.139. The predicted molar refractivity (Wildman–Crippen MR) is 148 cm³/mol. The van der Waals surface area contributed by atoms with Gasteiger partial charge >= 0.3 is 12.1 Å². The molecule has 14 heteroatoms. The molecule has 14 nitrogen and oxygen atoms in total. The number of amides is 3. The first kappa shape index (κ1) is 32.1. The summed E-state index contributed by atoms with van der Waals surface area (Å²) in [5.74, 6) is 2.24. The van der Waals surface area contributed by atoms with Crippen LogP contribution in [0.5, 0.6) is 0 Å². The van der Waals surface area contributed by atoms with E-state index in [0.29, 0.717) is 11.1 Å². The molecule has 0 bridgehead atoms. The second kappa shape index (κ2) is 16.1. The summed E-state index contributed by atoms with van der Waals surface area (Å²) in [7, 11) is 1.47. The Morgan fingerprint density at radius 2 is 1.66 bits per heavy atom. The molecule has 3 amide bonds. The minimum Gasteiger partial charge on any atom is -0.481 e. The average molecular weight is 568 g/mol. The first-order valence-electron chi connectivity index (χ1n) is 12.6. The predicted octanol–water partition coefficient (Wildman–Crippen LogP) is 1.60. The van der Waals surface area contributed by atoms with Crippen LogP contribution in [0.25, 0.3) is 0 Å². The maximum absolute atomic E-state index is 12.8. The van der Waals surface area contributed by atoms with E-state index in [1.807, 2.05) is 0 Å². The number of hydrogen-bond donors (Lipinski definition) is 5. The Kier molecular flexibility index (Phi) is 12.6. The van der Waals surface area contributed by atoms with Gasteiger partial charge in [0.15, 0.2) is 11.6 Å². The zero-order chi connectivity index (χ0) is 30.4. The van der Waals surface area contributed by atoms with Gasteiger partial charge in [-0.25, -0.2) is 4.79 Å². The highest BCUT2D eigenvalue weighted by Crippen LogP contribution is 2.10. The molecule has 0 saturated heterocycles. The molecule has 2 aromatic carbocycles. The zero-order valence-corrected chi connectivity index (χ0v) is 22.9. The molecule has 6 N–H and O–H groups in total. The van der Waals surface area contributed by atoms with Crippen LogP contribution in [0.2, 0.25) is 0 Å². The fourth-order valence-electron chi connectivity index (χ4n) is 3.48. The Balaban J connectivity index is 2.05. The Morgan fingerprint density at radius 3 is 2.27 bits per heavy atom. The normalized spacial score (nSPS) is 12.8. The Hall–Kier alpha value is -5.14. The van der Waals surface area contributed by atoms with E-state index in [1.54, 1.807) is 56.3 Å². The van der Waals surface area contributed by atoms with Crippen LogP contribution in [0.3, 0.4) is 0 Å². The maximum atomic E-state index is 12.8. The molecule has 0 aromatic heterocycles. The second-order valence-corrected chi connectivity index (χ2v) is 9.07. The monoisotopic (exact) mass is 567 g/mol. The molecule has 0 aliphatic carbocycles. The number of nitrogens with zero attached hydrogens (tertiary/aromatic N) is 3. The molecule has 1 unspecified atom stereocenters. The number of carboxylic acids is 1. The van der Waals surface area contributed by atoms with Gasteiger partial charge in [0.2, 0.25) is 5.91 Å². The number of carboxylic acid groups (broad SMARTS) is 1. The molecular weight excluding hydrogens is 534 g/mol. The zero-order valence-electron chi connectivity index (χ0n) is 22.9. The highest BCUT2D eigenvalue weighted by Gasteiger charge is 2.25. The van der Waals surface area contributed by atoms with Gasteiger partial charge in [-0.2, -0.15) is 10.2 Å². The molecule has 41 heavy (non-hydrogen) atoms. The minimum atomic E-state index is -1.42. The number of nitrogens with two attached hydrogens (primary N) is 1. The quantitative estimate of drug-likeness (QED) is 0.0786. The van der Waals surface area contributed by atoms with Crippen molar-refractivity contribution in [2.24, 2.45) is 27.1 Å². The van der Waals surface area contributed by atoms with Crippen molar-refractivity contribution in [3.05, 3.63) is 71.3 Å². The highest BCUT2D eigenvalue weighted by atomic mass is 16.5. The third-order valence-corrected chi connectivity index (χ3v) is 5.65. The number of benzene rings is 2. The van der Waals surface area contributed by atoms with Crippen LogP contribution in [-0.2, 0) is 25.7 Å². The number of aliphatic carboxylic acids is 1. The number of likely N-dealkylation sites (N-methyl/N-ethyl adjacent to an activating group) is 1. The molecule has 0 fully saturated rings. The number of carbonyl (C=O) groups is 5. The van der Waals surface area contributed by atoms with Gasteiger partial charge in [0.05, 0.1) is 6.42 Å². The van der Waals surface area contributed by atoms with E-state index in [9.17, 15) is 24.0 Å². The van der Waals surface area contributed by atoms with Crippen molar-refractivity contribution in [3.63, 3.8) is 0 Å². The lowest BCUT2D eigenvalue weighted by atomic mass is 10.0. The first-order chi connectivity index (χ1) is 19.5. The maximum Gasteiger partial charge on any atom is 0.408 e. The van der Waals surface area contributed by atoms with Crippen molar-refractivity contribution >= 4 is 35.5 Å². The van der Waals surface area contributed by atoms with Crippen LogP contribution in [0.15, 0.2) is 69.9 Å². The number of ether oxygens (including phenoxy) is 1. The summed E-state index contributed by atoms with van der Waals surface area (Å²) >= 11 is 0. The number of nitrogens with one attached hydrogen (secondary N) is 3. The lowest BCUT2D eigenvalue weighted by Gasteiger charge is -2.20. The smallest absolute Gasteiger partial charge is 0.408 e. The topological polar surface area (TPSA) is 214 Å². The van der Waals surface area contributed by atoms with Gasteiger partial charge in [-0.15, -0.1) is 5.11 Å². The molecular formula is C27H33N7O7. The van der Waals surface area contributed by atoms with Gasteiger partial charge in [0.1, 0.15) is 25.2 Å². The van der Waals surface area contributed by atoms with E-state index in [2.05, 4.69) is 31.3 Å². The number of amidine groups is 1. The number of hydrazone groups is 1. The van der Waals surface area contributed by atoms with Crippen molar-refractivity contribution in [2.75, 3.05) is 13.6 Å². The molecule has 0 saturated carbocycles. The number of azo groups is 1. The second-order valence-electron chi connectivity index (χ2n) is 9.07. The summed E-state index contributed by atoms with van der Waals surface area (Å²) in [5.41, 5.74) is 1.20. The molecule has 0 heterocycles. The summed E-state index contributed by atoms with van der Waals surface area (Å²) in [5, 5.41) is 27.7. The fourth-order valence-corrected chi connectivity index (χ4v) is 3.48. The van der Waals surface area contributed by atoms with Gasteiger partial charge < -0.3 is 31.6 Å². The van der Waals surface area contributed by atoms with E-state index in [0.717, 1.165) is 0 Å². The van der Waals surface area contributed by atoms with Gasteiger partial charge in [0, 0.05) is 18.2 Å². The van der Waals surface area contributed by atoms with Crippen molar-refractivity contribution in [2.45, 2.75) is 39.0 Å². The molecule has 0 spiro atoms. The van der Waals surface area contributed by atoms with Crippen molar-refractivity contribution in [1.82, 2.24) is 16.0 Å². The third kappa shape index (κ3) is 10.5. The number of hydrogen-bond acceptors (Lipinski definition) is 9. The largest absolute Gasteiger partial charge is 0.481 e. The third-order valence-electron chi connectivity index (χ3n) is 5.65. The molecule has 2 rings (SSSR count). The Morgan fingerprint density at radius 1 is 0.976 bits per heavy atom. The van der Waals surface area contributed by atoms with Gasteiger partial charge in [-0.05, 0) is 23.6 Å². The Bertz CT molecular complexity index is 1300.